The minimum Gasteiger partial charge on any atom is -0.397 e. The highest BCUT2D eigenvalue weighted by molar-refractivity contribution is 7.14. The maximum atomic E-state index is 5.82. The van der Waals surface area contributed by atoms with Gasteiger partial charge in [-0.1, -0.05) is 0 Å². The number of nitrogens with one attached hydrogen (secondary N) is 1. The third-order valence-corrected chi connectivity index (χ3v) is 2.77. The zero-order valence-electron chi connectivity index (χ0n) is 6.53. The van der Waals surface area contributed by atoms with E-state index in [9.17, 15) is 0 Å². The van der Waals surface area contributed by atoms with Crippen LogP contribution in [0.5, 0.6) is 0 Å². The van der Waals surface area contributed by atoms with Crippen molar-refractivity contribution < 1.29 is 0 Å². The number of aromatic nitrogens is 3. The fourth-order valence-corrected chi connectivity index (χ4v) is 1.87. The molecule has 0 radical (unpaired) electrons. The van der Waals surface area contributed by atoms with E-state index in [0.29, 0.717) is 0 Å². The van der Waals surface area contributed by atoms with E-state index in [1.165, 1.54) is 6.33 Å². The van der Waals surface area contributed by atoms with Crippen molar-refractivity contribution in [3.63, 3.8) is 0 Å². The molecule has 4 nitrogen and oxygen atoms in total. The summed E-state index contributed by atoms with van der Waals surface area (Å²) in [6.45, 7) is 1.98. The number of nitrogen functional groups attached to an aromatic ring is 1. The van der Waals surface area contributed by atoms with Crippen molar-refractivity contribution in [1.82, 2.24) is 15.2 Å². The van der Waals surface area contributed by atoms with E-state index in [1.54, 1.807) is 11.3 Å². The fourth-order valence-electron chi connectivity index (χ4n) is 0.952. The van der Waals surface area contributed by atoms with Crippen LogP contribution >= 0.6 is 11.3 Å². The Morgan fingerprint density at radius 3 is 2.92 bits per heavy atom. The Balaban J connectivity index is 2.55. The minimum atomic E-state index is 0.741. The van der Waals surface area contributed by atoms with E-state index in [4.69, 9.17) is 5.73 Å². The van der Waals surface area contributed by atoms with E-state index in [2.05, 4.69) is 15.2 Å². The number of hydrogen-bond acceptors (Lipinski definition) is 4. The molecular formula is C7H8N4S. The molecule has 0 saturated heterocycles. The summed E-state index contributed by atoms with van der Waals surface area (Å²) < 4.78 is 0. The molecule has 0 atom stereocenters. The van der Waals surface area contributed by atoms with E-state index in [1.807, 2.05) is 12.3 Å². The van der Waals surface area contributed by atoms with Gasteiger partial charge in [-0.05, 0) is 17.9 Å². The van der Waals surface area contributed by atoms with Crippen LogP contribution in [0.15, 0.2) is 11.7 Å². The lowest BCUT2D eigenvalue weighted by Crippen LogP contribution is -1.88. The first-order chi connectivity index (χ1) is 5.79. The predicted molar refractivity (Wildman–Crippen MR) is 48.8 cm³/mol. The molecule has 0 amide bonds. The Labute approximate surface area is 73.5 Å². The van der Waals surface area contributed by atoms with E-state index in [-0.39, 0.29) is 0 Å². The van der Waals surface area contributed by atoms with Crippen molar-refractivity contribution >= 4 is 17.0 Å². The molecule has 0 aliphatic rings. The van der Waals surface area contributed by atoms with Crippen molar-refractivity contribution in [1.29, 1.82) is 0 Å². The van der Waals surface area contributed by atoms with Gasteiger partial charge in [-0.25, -0.2) is 4.98 Å². The largest absolute Gasteiger partial charge is 0.397 e. The summed E-state index contributed by atoms with van der Waals surface area (Å²) in [7, 11) is 0. The zero-order chi connectivity index (χ0) is 8.55. The molecule has 3 N–H and O–H groups in total. The monoisotopic (exact) mass is 180 g/mol. The first kappa shape index (κ1) is 7.30. The van der Waals surface area contributed by atoms with E-state index < -0.39 is 0 Å². The maximum Gasteiger partial charge on any atom is 0.167 e. The van der Waals surface area contributed by atoms with Gasteiger partial charge < -0.3 is 5.73 Å². The summed E-state index contributed by atoms with van der Waals surface area (Å²) in [6.07, 6.45) is 1.48. The molecule has 2 rings (SSSR count). The topological polar surface area (TPSA) is 67.6 Å². The molecule has 0 spiro atoms. The van der Waals surface area contributed by atoms with Gasteiger partial charge in [0.05, 0.1) is 10.6 Å². The molecule has 0 aromatic carbocycles. The van der Waals surface area contributed by atoms with Crippen molar-refractivity contribution in [2.75, 3.05) is 5.73 Å². The molecule has 0 aliphatic heterocycles. The molecule has 5 heteroatoms. The van der Waals surface area contributed by atoms with Crippen LogP contribution in [0.25, 0.3) is 10.7 Å². The van der Waals surface area contributed by atoms with Crippen LogP contribution in [-0.2, 0) is 0 Å². The van der Waals surface area contributed by atoms with Crippen LogP contribution in [0, 0.1) is 6.92 Å². The normalized spacial score (nSPS) is 10.4. The van der Waals surface area contributed by atoms with Crippen molar-refractivity contribution in [2.24, 2.45) is 0 Å². The Hall–Kier alpha value is -1.36. The van der Waals surface area contributed by atoms with E-state index in [0.717, 1.165) is 22.0 Å². The summed E-state index contributed by atoms with van der Waals surface area (Å²) >= 11 is 1.58. The van der Waals surface area contributed by atoms with Gasteiger partial charge in [0.25, 0.3) is 0 Å². The van der Waals surface area contributed by atoms with Gasteiger partial charge in [0, 0.05) is 0 Å². The number of rotatable bonds is 1. The van der Waals surface area contributed by atoms with Crippen LogP contribution in [0.2, 0.25) is 0 Å². The molecule has 0 fully saturated rings. The van der Waals surface area contributed by atoms with Crippen LogP contribution in [0.4, 0.5) is 5.69 Å². The van der Waals surface area contributed by atoms with Gasteiger partial charge in [0.1, 0.15) is 6.33 Å². The standard InChI is InChI=1S/C7H8N4S/c1-4-2-12-6(5(4)8)7-9-3-10-11-7/h2-3H,8H2,1H3,(H,9,10,11). The smallest absolute Gasteiger partial charge is 0.167 e. The first-order valence-corrected chi connectivity index (χ1v) is 4.36. The summed E-state index contributed by atoms with van der Waals surface area (Å²) in [6, 6.07) is 0. The summed E-state index contributed by atoms with van der Waals surface area (Å²) in [5.74, 6) is 0.741. The number of thiophene rings is 1. The molecule has 0 aliphatic carbocycles. The highest BCUT2D eigenvalue weighted by Gasteiger charge is 2.08. The van der Waals surface area contributed by atoms with Crippen LogP contribution in [0.1, 0.15) is 5.56 Å². The Bertz CT molecular complexity index is 376. The van der Waals surface area contributed by atoms with Gasteiger partial charge in [-0.2, -0.15) is 5.10 Å². The Kier molecular flexibility index (Phi) is 1.58. The van der Waals surface area contributed by atoms with Gasteiger partial charge >= 0.3 is 0 Å². The van der Waals surface area contributed by atoms with Gasteiger partial charge in [-0.15, -0.1) is 11.3 Å². The van der Waals surface area contributed by atoms with Crippen molar-refractivity contribution in [3.8, 4) is 10.7 Å². The number of aromatic amines is 1. The summed E-state index contributed by atoms with van der Waals surface area (Å²) in [5.41, 5.74) is 7.69. The number of aryl methyl sites for hydroxylation is 1. The SMILES string of the molecule is Cc1csc(-c2ncn[nH]2)c1N. The molecule has 2 heterocycles. The molecule has 2 aromatic heterocycles. The van der Waals surface area contributed by atoms with Gasteiger partial charge in [0.15, 0.2) is 5.82 Å². The first-order valence-electron chi connectivity index (χ1n) is 3.48. The van der Waals surface area contributed by atoms with Crippen LogP contribution in [0.3, 0.4) is 0 Å². The van der Waals surface area contributed by atoms with Crippen LogP contribution in [-0.4, -0.2) is 15.2 Å². The van der Waals surface area contributed by atoms with Gasteiger partial charge in [-0.3, -0.25) is 5.10 Å². The lowest BCUT2D eigenvalue weighted by atomic mass is 10.3. The molecule has 62 valence electrons. The summed E-state index contributed by atoms with van der Waals surface area (Å²) in [4.78, 5) is 4.99. The molecule has 12 heavy (non-hydrogen) atoms. The molecule has 0 bridgehead atoms. The number of H-pyrrole nitrogens is 1. The lowest BCUT2D eigenvalue weighted by Gasteiger charge is -1.93. The quantitative estimate of drug-likeness (QED) is 0.697. The number of anilines is 1. The number of nitrogens with two attached hydrogens (primary N) is 1. The predicted octanol–water partition coefficient (Wildman–Crippen LogP) is 1.42. The average Bonchev–Trinajstić information content (AvgIpc) is 2.64. The van der Waals surface area contributed by atoms with Crippen molar-refractivity contribution in [3.05, 3.63) is 17.3 Å². The van der Waals surface area contributed by atoms with E-state index >= 15 is 0 Å². The lowest BCUT2D eigenvalue weighted by molar-refractivity contribution is 1.10. The molecule has 0 unspecified atom stereocenters. The van der Waals surface area contributed by atoms with Crippen molar-refractivity contribution in [2.45, 2.75) is 6.92 Å². The molecule has 2 aromatic rings. The van der Waals surface area contributed by atoms with Gasteiger partial charge in [0.2, 0.25) is 0 Å². The third-order valence-electron chi connectivity index (χ3n) is 1.65. The fraction of sp³-hybridized carbons (Fsp3) is 0.143. The second-order valence-corrected chi connectivity index (χ2v) is 3.38. The molecule has 0 saturated carbocycles. The maximum absolute atomic E-state index is 5.82. The molecular weight excluding hydrogens is 172 g/mol. The summed E-state index contributed by atoms with van der Waals surface area (Å²) in [5, 5.41) is 8.55. The Morgan fingerprint density at radius 2 is 2.42 bits per heavy atom. The second-order valence-electron chi connectivity index (χ2n) is 2.50. The average molecular weight is 180 g/mol. The van der Waals surface area contributed by atoms with Crippen LogP contribution < -0.4 is 5.73 Å². The highest BCUT2D eigenvalue weighted by Crippen LogP contribution is 2.31. The third kappa shape index (κ3) is 0.984. The number of nitrogens with zero attached hydrogens (tertiary/aromatic N) is 2. The minimum absolute atomic E-state index is 0.741. The zero-order valence-corrected chi connectivity index (χ0v) is 7.35. The highest BCUT2D eigenvalue weighted by atomic mass is 32.1. The number of hydrogen-bond donors (Lipinski definition) is 2. The second kappa shape index (κ2) is 2.60. The Morgan fingerprint density at radius 1 is 1.58 bits per heavy atom.